The van der Waals surface area contributed by atoms with Crippen LogP contribution in [0.15, 0.2) is 42.9 Å². The lowest BCUT2D eigenvalue weighted by atomic mass is 9.97. The van der Waals surface area contributed by atoms with Crippen molar-refractivity contribution in [2.24, 2.45) is 5.92 Å². The molecule has 1 atom stereocenters. The molecule has 8 nitrogen and oxygen atoms in total. The number of amides is 1. The summed E-state index contributed by atoms with van der Waals surface area (Å²) in [7, 11) is 1.53. The molecule has 4 aromatic rings. The quantitative estimate of drug-likeness (QED) is 0.430. The molecular weight excluding hydrogens is 473 g/mol. The van der Waals surface area contributed by atoms with E-state index in [-0.39, 0.29) is 18.7 Å². The summed E-state index contributed by atoms with van der Waals surface area (Å²) in [6.45, 7) is 2.52. The number of methoxy groups -OCH3 is 1. The summed E-state index contributed by atoms with van der Waals surface area (Å²) in [6, 6.07) is 7.45. The van der Waals surface area contributed by atoms with Crippen molar-refractivity contribution in [2.45, 2.75) is 45.5 Å². The predicted octanol–water partition coefficient (Wildman–Crippen LogP) is 4.22. The molecule has 0 bridgehead atoms. The van der Waals surface area contributed by atoms with Crippen molar-refractivity contribution in [1.29, 1.82) is 0 Å². The van der Waals surface area contributed by atoms with E-state index in [1.807, 2.05) is 31.2 Å². The topological polar surface area (TPSA) is 86.3 Å². The van der Waals surface area contributed by atoms with E-state index in [9.17, 15) is 18.0 Å². The maximum absolute atomic E-state index is 13.1. The normalized spacial score (nSPS) is 15.6. The number of hydrogen-bond acceptors (Lipinski definition) is 5. The van der Waals surface area contributed by atoms with Crippen LogP contribution in [-0.4, -0.2) is 43.1 Å². The molecule has 1 amide bonds. The van der Waals surface area contributed by atoms with Gasteiger partial charge in [-0.15, -0.1) is 0 Å². The number of imidazole rings is 2. The van der Waals surface area contributed by atoms with Gasteiger partial charge < -0.3 is 14.6 Å². The van der Waals surface area contributed by atoms with E-state index in [1.54, 1.807) is 27.6 Å². The molecule has 0 unspecified atom stereocenters. The fourth-order valence-corrected chi connectivity index (χ4v) is 4.46. The van der Waals surface area contributed by atoms with Crippen LogP contribution in [0, 0.1) is 5.92 Å². The highest BCUT2D eigenvalue weighted by Gasteiger charge is 2.41. The maximum Gasteiger partial charge on any atom is 0.392 e. The minimum atomic E-state index is -4.20. The zero-order chi connectivity index (χ0) is 25.4. The van der Waals surface area contributed by atoms with Crippen molar-refractivity contribution in [2.75, 3.05) is 7.11 Å². The van der Waals surface area contributed by atoms with Gasteiger partial charge in [0.2, 0.25) is 5.78 Å². The van der Waals surface area contributed by atoms with Gasteiger partial charge in [-0.05, 0) is 18.4 Å². The Bertz CT molecular complexity index is 1410. The predicted molar refractivity (Wildman–Crippen MR) is 126 cm³/mol. The molecule has 0 fully saturated rings. The lowest BCUT2D eigenvalue weighted by Crippen LogP contribution is -2.31. The van der Waals surface area contributed by atoms with Crippen molar-refractivity contribution in [1.82, 2.24) is 29.2 Å². The summed E-state index contributed by atoms with van der Waals surface area (Å²) in [5, 5.41) is 2.93. The Morgan fingerprint density at radius 1 is 1.19 bits per heavy atom. The van der Waals surface area contributed by atoms with Crippen LogP contribution >= 0.6 is 0 Å². The first-order valence-corrected chi connectivity index (χ1v) is 11.7. The second-order valence-electron chi connectivity index (χ2n) is 8.77. The molecule has 1 N–H and O–H groups in total. The summed E-state index contributed by atoms with van der Waals surface area (Å²) < 4.78 is 48.0. The molecule has 0 spiro atoms. The van der Waals surface area contributed by atoms with Crippen LogP contribution in [0.4, 0.5) is 13.2 Å². The Kier molecular flexibility index (Phi) is 6.15. The average Bonchev–Trinajstić information content (AvgIpc) is 3.47. The highest BCUT2D eigenvalue weighted by molar-refractivity contribution is 5.94. The maximum atomic E-state index is 13.1. The SMILES string of the molecule is CCc1nc2ncc(OC)cn2c1C(=O)NCc1ccc(-c2cn3c(n2)C[C@@H](C(F)(F)F)CC3)cc1. The molecule has 1 aromatic carbocycles. The van der Waals surface area contributed by atoms with Crippen LogP contribution in [0.1, 0.15) is 40.9 Å². The van der Waals surface area contributed by atoms with Gasteiger partial charge >= 0.3 is 6.18 Å². The number of carbonyl (C=O) groups excluding carboxylic acids is 1. The molecule has 3 aromatic heterocycles. The molecule has 36 heavy (non-hydrogen) atoms. The number of fused-ring (bicyclic) bond motifs is 2. The van der Waals surface area contributed by atoms with Crippen molar-refractivity contribution in [3.8, 4) is 17.0 Å². The first-order valence-electron chi connectivity index (χ1n) is 11.7. The third-order valence-corrected chi connectivity index (χ3v) is 6.49. The molecule has 0 radical (unpaired) electrons. The second kappa shape index (κ2) is 9.29. The largest absolute Gasteiger partial charge is 0.494 e. The summed E-state index contributed by atoms with van der Waals surface area (Å²) in [5.41, 5.74) is 3.37. The number of nitrogens with zero attached hydrogens (tertiary/aromatic N) is 5. The van der Waals surface area contributed by atoms with Gasteiger partial charge in [-0.25, -0.2) is 15.0 Å². The van der Waals surface area contributed by atoms with Gasteiger partial charge in [0.25, 0.3) is 5.91 Å². The van der Waals surface area contributed by atoms with E-state index in [2.05, 4.69) is 20.3 Å². The van der Waals surface area contributed by atoms with Gasteiger partial charge in [-0.1, -0.05) is 31.2 Å². The van der Waals surface area contributed by atoms with E-state index in [4.69, 9.17) is 4.74 Å². The molecule has 0 aliphatic carbocycles. The van der Waals surface area contributed by atoms with E-state index in [0.717, 1.165) is 11.1 Å². The lowest BCUT2D eigenvalue weighted by Gasteiger charge is -2.25. The van der Waals surface area contributed by atoms with Gasteiger partial charge in [0, 0.05) is 31.3 Å². The van der Waals surface area contributed by atoms with Crippen molar-refractivity contribution >= 4 is 11.7 Å². The summed E-state index contributed by atoms with van der Waals surface area (Å²) >= 11 is 0. The van der Waals surface area contributed by atoms with E-state index < -0.39 is 12.1 Å². The number of ether oxygens (including phenoxy) is 1. The third-order valence-electron chi connectivity index (χ3n) is 6.49. The molecule has 4 heterocycles. The smallest absolute Gasteiger partial charge is 0.392 e. The van der Waals surface area contributed by atoms with Crippen LogP contribution in [-0.2, 0) is 25.9 Å². The van der Waals surface area contributed by atoms with Gasteiger partial charge in [0.1, 0.15) is 11.5 Å². The summed E-state index contributed by atoms with van der Waals surface area (Å²) in [5.74, 6) is -0.224. The number of aromatic nitrogens is 5. The molecular formula is C25H25F3N6O2. The molecule has 5 rings (SSSR count). The third kappa shape index (κ3) is 4.52. The van der Waals surface area contributed by atoms with Crippen LogP contribution in [0.5, 0.6) is 5.75 Å². The Balaban J connectivity index is 1.28. The fraction of sp³-hybridized carbons (Fsp3) is 0.360. The number of aryl methyl sites for hydroxylation is 2. The number of halogens is 3. The molecule has 1 aliphatic heterocycles. The Labute approximate surface area is 205 Å². The van der Waals surface area contributed by atoms with Gasteiger partial charge in [-0.2, -0.15) is 13.2 Å². The van der Waals surface area contributed by atoms with E-state index in [1.165, 1.54) is 7.11 Å². The van der Waals surface area contributed by atoms with Gasteiger partial charge in [0.05, 0.1) is 36.8 Å². The molecule has 0 saturated heterocycles. The number of carbonyl (C=O) groups is 1. The monoisotopic (exact) mass is 498 g/mol. The van der Waals surface area contributed by atoms with Crippen molar-refractivity contribution in [3.05, 3.63) is 65.6 Å². The van der Waals surface area contributed by atoms with Crippen LogP contribution < -0.4 is 10.1 Å². The molecule has 188 valence electrons. The van der Waals surface area contributed by atoms with Gasteiger partial charge in [-0.3, -0.25) is 9.20 Å². The molecule has 11 heteroatoms. The second-order valence-corrected chi connectivity index (χ2v) is 8.77. The minimum absolute atomic E-state index is 0.0694. The van der Waals surface area contributed by atoms with Gasteiger partial charge in [0.15, 0.2) is 5.75 Å². The minimum Gasteiger partial charge on any atom is -0.494 e. The molecule has 0 saturated carbocycles. The zero-order valence-electron chi connectivity index (χ0n) is 19.8. The van der Waals surface area contributed by atoms with Crippen molar-refractivity contribution < 1.29 is 22.7 Å². The number of hydrogen-bond donors (Lipinski definition) is 1. The highest BCUT2D eigenvalue weighted by atomic mass is 19.4. The molecule has 1 aliphatic rings. The van der Waals surface area contributed by atoms with Crippen LogP contribution in [0.25, 0.3) is 17.0 Å². The summed E-state index contributed by atoms with van der Waals surface area (Å²) in [6.07, 6.45) is 1.38. The fourth-order valence-electron chi connectivity index (χ4n) is 4.46. The highest BCUT2D eigenvalue weighted by Crippen LogP contribution is 2.35. The number of rotatable bonds is 6. The Hall–Kier alpha value is -3.89. The average molecular weight is 499 g/mol. The number of alkyl halides is 3. The Morgan fingerprint density at radius 3 is 2.67 bits per heavy atom. The first-order chi connectivity index (χ1) is 17.3. The standard InChI is InChI=1S/C25H25F3N6O2/c1-3-19-22(34-13-18(36-2)12-30-24(34)32-19)23(35)29-11-15-4-6-16(7-5-15)20-14-33-9-8-17(25(26,27)28)10-21(33)31-20/h4-7,12-14,17H,3,8-11H2,1-2H3,(H,29,35)/t17-/m0/s1. The summed E-state index contributed by atoms with van der Waals surface area (Å²) in [4.78, 5) is 26.2. The Morgan fingerprint density at radius 2 is 1.97 bits per heavy atom. The van der Waals surface area contributed by atoms with Crippen LogP contribution in [0.2, 0.25) is 0 Å². The first kappa shape index (κ1) is 23.8. The van der Waals surface area contributed by atoms with E-state index >= 15 is 0 Å². The number of nitrogens with one attached hydrogen (secondary N) is 1. The number of benzene rings is 1. The van der Waals surface area contributed by atoms with Crippen molar-refractivity contribution in [3.63, 3.8) is 0 Å². The zero-order valence-corrected chi connectivity index (χ0v) is 19.8. The van der Waals surface area contributed by atoms with E-state index in [0.29, 0.717) is 53.9 Å². The lowest BCUT2D eigenvalue weighted by molar-refractivity contribution is -0.179. The van der Waals surface area contributed by atoms with Crippen LogP contribution in [0.3, 0.4) is 0 Å².